The summed E-state index contributed by atoms with van der Waals surface area (Å²) in [6, 6.07) is 79.8. The number of ether oxygens (including phenoxy) is 1. The van der Waals surface area contributed by atoms with Crippen LogP contribution in [0.1, 0.15) is 160 Å². The number of aromatic hydroxyl groups is 1. The number of hydrogen-bond donors (Lipinski definition) is 3. The van der Waals surface area contributed by atoms with E-state index in [0.717, 1.165) is 138 Å². The van der Waals surface area contributed by atoms with Crippen LogP contribution in [0, 0.1) is 87.5 Å². The third-order valence-corrected chi connectivity index (χ3v) is 22.3. The molecule has 15 rings (SSSR count). The molecule has 638 valence electrons. The molecule has 1 fully saturated rings. The minimum Gasteiger partial charge on any atom is -0.508 e. The van der Waals surface area contributed by atoms with Crippen LogP contribution in [-0.2, 0) is 40.3 Å². The number of hydrogen-bond acceptors (Lipinski definition) is 11. The maximum atomic E-state index is 11.3. The zero-order chi connectivity index (χ0) is 89.2. The maximum absolute atomic E-state index is 11.3. The number of carboxylic acid groups (broad SMARTS) is 1. The predicted molar refractivity (Wildman–Crippen MR) is 503 cm³/mol. The van der Waals surface area contributed by atoms with Gasteiger partial charge in [-0.25, -0.2) is 24.7 Å². The van der Waals surface area contributed by atoms with Gasteiger partial charge < -0.3 is 52.6 Å². The molecule has 1 aliphatic rings. The van der Waals surface area contributed by atoms with Gasteiger partial charge in [-0.3, -0.25) is 4.79 Å². The van der Waals surface area contributed by atoms with Crippen molar-refractivity contribution in [3.05, 3.63) is 362 Å². The minimum atomic E-state index is -0.875. The number of aromatic nitrogens is 8. The molecule has 14 aromatic rings. The van der Waals surface area contributed by atoms with Crippen LogP contribution in [-0.4, -0.2) is 97.5 Å². The largest absolute Gasteiger partial charge is 0.508 e. The van der Waals surface area contributed by atoms with Crippen LogP contribution in [0.2, 0.25) is 5.02 Å². The van der Waals surface area contributed by atoms with Gasteiger partial charge in [0.2, 0.25) is 0 Å². The summed E-state index contributed by atoms with van der Waals surface area (Å²) in [6.45, 7) is 36.4. The van der Waals surface area contributed by atoms with Gasteiger partial charge in [0.15, 0.2) is 0 Å². The predicted octanol–water partition coefficient (Wildman–Crippen LogP) is 22.3. The number of ketones is 1. The SMILES string of the molecule is C#CCNC(=O)c1ccc(C)cc1.CC(=O)C[C@H](C)CCCOc1ccccc1Cn1c(C)cnc1-c1ccc(C)cc1.Cc1ccc(-c2ncc(C)n2Cc2ccccc2B2OC(C)(C)C(C)(C)O2)cc1.Cc1ccc(-c2ncc(C)n2Cc2ccccc2Cl)cc1.Cc1ccc(-c2ncc(C)n2Cc2ccccc2O)cc1.Cc1ccc(C(=O)O)cc1. The van der Waals surface area contributed by atoms with E-state index >= 15 is 0 Å². The van der Waals surface area contributed by atoms with Crippen LogP contribution in [0.25, 0.3) is 45.6 Å². The van der Waals surface area contributed by atoms with E-state index in [9.17, 15) is 19.5 Å². The van der Waals surface area contributed by atoms with Crippen molar-refractivity contribution in [2.24, 2.45) is 5.92 Å². The van der Waals surface area contributed by atoms with Gasteiger partial charge in [0.05, 0.1) is 49.6 Å². The second-order valence-corrected chi connectivity index (χ2v) is 33.1. The second kappa shape index (κ2) is 44.2. The molecule has 0 saturated carbocycles. The number of Topliss-reactive ketones (excluding diaryl/α,β-unsaturated/α-hetero) is 1. The average molecular weight is 1680 g/mol. The highest BCUT2D eigenvalue weighted by molar-refractivity contribution is 6.62. The van der Waals surface area contributed by atoms with E-state index < -0.39 is 5.97 Å². The Hall–Kier alpha value is -12.9. The lowest BCUT2D eigenvalue weighted by molar-refractivity contribution is -0.117. The fraction of sp³-hybridized carbons (Fsp3) is 0.267. The van der Waals surface area contributed by atoms with E-state index in [1.807, 2.05) is 112 Å². The summed E-state index contributed by atoms with van der Waals surface area (Å²) < 4.78 is 27.6. The van der Waals surface area contributed by atoms with Crippen molar-refractivity contribution in [2.75, 3.05) is 13.2 Å². The van der Waals surface area contributed by atoms with Crippen LogP contribution in [0.3, 0.4) is 0 Å². The monoisotopic (exact) mass is 1680 g/mol. The van der Waals surface area contributed by atoms with Crippen LogP contribution < -0.4 is 15.5 Å². The molecule has 1 atom stereocenters. The molecule has 0 radical (unpaired) electrons. The van der Waals surface area contributed by atoms with Gasteiger partial charge >= 0.3 is 13.1 Å². The molecule has 1 saturated heterocycles. The normalized spacial score (nSPS) is 12.4. The summed E-state index contributed by atoms with van der Waals surface area (Å²) in [5.74, 6) is 7.11. The summed E-state index contributed by atoms with van der Waals surface area (Å²) in [4.78, 5) is 51.3. The third kappa shape index (κ3) is 26.1. The highest BCUT2D eigenvalue weighted by atomic mass is 35.5. The van der Waals surface area contributed by atoms with Gasteiger partial charge in [0, 0.05) is 104 Å². The Labute approximate surface area is 737 Å². The first-order valence-corrected chi connectivity index (χ1v) is 42.3. The molecular formula is C105H115BClN9O8. The number of halogens is 1. The number of amides is 1. The van der Waals surface area contributed by atoms with Gasteiger partial charge in [-0.1, -0.05) is 258 Å². The van der Waals surface area contributed by atoms with Crippen molar-refractivity contribution in [3.63, 3.8) is 0 Å². The highest BCUT2D eigenvalue weighted by Crippen LogP contribution is 2.38. The Morgan fingerprint density at radius 1 is 0.468 bits per heavy atom. The number of para-hydroxylation sites is 2. The molecule has 3 N–H and O–H groups in total. The van der Waals surface area contributed by atoms with Crippen molar-refractivity contribution in [1.29, 1.82) is 0 Å². The van der Waals surface area contributed by atoms with Gasteiger partial charge in [0.1, 0.15) is 40.6 Å². The molecule has 19 heteroatoms. The Bertz CT molecular complexity index is 5730. The minimum absolute atomic E-state index is 0.127. The number of carbonyl (C=O) groups excluding carboxylic acids is 2. The zero-order valence-corrected chi connectivity index (χ0v) is 75.1. The van der Waals surface area contributed by atoms with E-state index in [0.29, 0.717) is 48.9 Å². The number of nitrogens with zero attached hydrogens (tertiary/aromatic N) is 8. The molecule has 0 unspecified atom stereocenters. The zero-order valence-electron chi connectivity index (χ0n) is 74.3. The second-order valence-electron chi connectivity index (χ2n) is 32.7. The van der Waals surface area contributed by atoms with Gasteiger partial charge in [0.25, 0.3) is 5.91 Å². The Morgan fingerprint density at radius 3 is 1.20 bits per heavy atom. The van der Waals surface area contributed by atoms with Gasteiger partial charge in [-0.2, -0.15) is 0 Å². The van der Waals surface area contributed by atoms with Crippen molar-refractivity contribution in [2.45, 2.75) is 167 Å². The fourth-order valence-electron chi connectivity index (χ4n) is 13.8. The molecule has 5 heterocycles. The molecule has 0 aliphatic carbocycles. The van der Waals surface area contributed by atoms with Crippen molar-refractivity contribution in [3.8, 4) is 69.4 Å². The lowest BCUT2D eigenvalue weighted by Crippen LogP contribution is -2.41. The number of phenolic OH excluding ortho intramolecular Hbond substituents is 1. The number of benzene rings is 10. The first kappa shape index (κ1) is 93.4. The number of rotatable bonds is 23. The molecule has 4 aromatic heterocycles. The van der Waals surface area contributed by atoms with E-state index in [4.69, 9.17) is 37.2 Å². The van der Waals surface area contributed by atoms with Gasteiger partial charge in [-0.15, -0.1) is 6.42 Å². The smallest absolute Gasteiger partial charge is 0.495 e. The average Bonchev–Trinajstić information content (AvgIpc) is 1.61. The molecule has 124 heavy (non-hydrogen) atoms. The summed E-state index contributed by atoms with van der Waals surface area (Å²) in [7, 11) is -0.372. The van der Waals surface area contributed by atoms with Crippen LogP contribution in [0.5, 0.6) is 11.5 Å². The summed E-state index contributed by atoms with van der Waals surface area (Å²) >= 11 is 6.28. The van der Waals surface area contributed by atoms with E-state index in [-0.39, 0.29) is 36.6 Å². The Kier molecular flexibility index (Phi) is 33.3. The van der Waals surface area contributed by atoms with Crippen molar-refractivity contribution >= 4 is 41.8 Å². The topological polar surface area (TPSA) is 203 Å². The molecular weight excluding hydrogens is 1560 g/mol. The number of terminal acetylenes is 1. The van der Waals surface area contributed by atoms with Crippen molar-refractivity contribution < 1.29 is 38.6 Å². The molecule has 0 bridgehead atoms. The highest BCUT2D eigenvalue weighted by Gasteiger charge is 2.52. The Morgan fingerprint density at radius 2 is 0.806 bits per heavy atom. The number of nitrogens with one attached hydrogen (secondary N) is 1. The number of phenols is 1. The third-order valence-electron chi connectivity index (χ3n) is 22.0. The number of carbonyl (C=O) groups is 3. The summed E-state index contributed by atoms with van der Waals surface area (Å²) in [5, 5.41) is 21.8. The summed E-state index contributed by atoms with van der Waals surface area (Å²) in [6.07, 6.45) is 15.3. The van der Waals surface area contributed by atoms with Crippen molar-refractivity contribution in [1.82, 2.24) is 43.5 Å². The van der Waals surface area contributed by atoms with Gasteiger partial charge in [-0.05, 0) is 182 Å². The lowest BCUT2D eigenvalue weighted by Gasteiger charge is -2.32. The Balaban J connectivity index is 0.000000161. The summed E-state index contributed by atoms with van der Waals surface area (Å²) in [5.41, 5.74) is 21.7. The quantitative estimate of drug-likeness (QED) is 0.0311. The first-order chi connectivity index (χ1) is 59.3. The lowest BCUT2D eigenvalue weighted by atomic mass is 9.76. The molecule has 1 amide bonds. The fourth-order valence-corrected chi connectivity index (χ4v) is 14.0. The number of imidazole rings is 4. The van der Waals surface area contributed by atoms with Crippen LogP contribution >= 0.6 is 11.6 Å². The maximum Gasteiger partial charge on any atom is 0.495 e. The van der Waals surface area contributed by atoms with E-state index in [1.54, 1.807) is 49.4 Å². The molecule has 10 aromatic carbocycles. The molecule has 17 nitrogen and oxygen atoms in total. The van der Waals surface area contributed by atoms with Crippen LogP contribution in [0.4, 0.5) is 0 Å². The standard InChI is InChI=1S/C26H32N2O2.C24H29BN2O2.C18H17ClN2.C18H18N2O.C11H11NO.C8H8O2/c1-19-11-13-23(14-12-19)26-27-17-21(3)28(26)18-24-9-5-6-10-25(24)30-15-7-8-20(2)16-22(4)29;1-17-11-13-19(14-12-17)22-26-15-18(2)27(22)16-20-9-7-8-10-21(20)25-28-23(3,4)24(5,6)29-25;1-13-7-9-15(10-8-13)18-20-11-14(2)21(18)12-16-5-3-4-6-17(16)19;1-13-7-9-15(10-8-13)18-19-11-14(2)20(18)12-16-5-3-4-6-17(16)21;1-3-8-12-11(13)10-6-4-9(2)5-7-10;1-6-2-4-7(5-3-6)8(9)10/h5-6,9-14,17,20H,7-8,15-16,18H2,1-4H3;7-15H,16H2,1-6H3;3-11H,12H2,1-2H3;3-11,21H,12H2,1-2H3;1,4-7H,8H2,2H3,(H,12,13);2-5H,1H3,(H,9,10)/t20-;;;;;/m1...../s1. The number of aromatic carboxylic acids is 1. The number of carboxylic acids is 1. The van der Waals surface area contributed by atoms with E-state index in [1.165, 1.54) is 27.8 Å². The number of aryl methyl sites for hydroxylation is 10. The van der Waals surface area contributed by atoms with E-state index in [2.05, 4.69) is 266 Å². The molecule has 1 aliphatic heterocycles. The first-order valence-electron chi connectivity index (χ1n) is 41.9. The van der Waals surface area contributed by atoms with Crippen LogP contribution in [0.15, 0.2) is 267 Å². The molecule has 0 spiro atoms.